The Bertz CT molecular complexity index is 1050. The average Bonchev–Trinajstić information content (AvgIpc) is 3.29. The molecular weight excluding hydrogens is 407 g/mol. The lowest BCUT2D eigenvalue weighted by atomic mass is 10.1. The number of allylic oxidation sites excluding steroid dienone is 1. The van der Waals surface area contributed by atoms with Crippen LogP contribution in [-0.4, -0.2) is 41.9 Å². The van der Waals surface area contributed by atoms with Gasteiger partial charge in [-0.3, -0.25) is 9.69 Å². The number of halogens is 1. The summed E-state index contributed by atoms with van der Waals surface area (Å²) in [5.41, 5.74) is 2.13. The Labute approximate surface area is 187 Å². The molecule has 3 aromatic rings. The van der Waals surface area contributed by atoms with Crippen molar-refractivity contribution in [3.8, 4) is 5.75 Å². The van der Waals surface area contributed by atoms with Gasteiger partial charge in [0.25, 0.3) is 5.91 Å². The van der Waals surface area contributed by atoms with E-state index in [2.05, 4.69) is 11.5 Å². The SMILES string of the molecule is C=CCc1ccccc1OCc1ccc(C(=O)N2CCN(Cc3ccc(F)cc3)CC2)o1. The number of ether oxygens (including phenoxy) is 1. The number of nitrogens with zero attached hydrogens (tertiary/aromatic N) is 2. The van der Waals surface area contributed by atoms with E-state index in [4.69, 9.17) is 9.15 Å². The van der Waals surface area contributed by atoms with E-state index in [0.29, 0.717) is 24.6 Å². The summed E-state index contributed by atoms with van der Waals surface area (Å²) in [6.45, 7) is 7.56. The smallest absolute Gasteiger partial charge is 0.289 e. The van der Waals surface area contributed by atoms with Crippen LogP contribution >= 0.6 is 0 Å². The van der Waals surface area contributed by atoms with Crippen LogP contribution in [-0.2, 0) is 19.6 Å². The van der Waals surface area contributed by atoms with Crippen molar-refractivity contribution in [2.45, 2.75) is 19.6 Å². The highest BCUT2D eigenvalue weighted by molar-refractivity contribution is 5.91. The van der Waals surface area contributed by atoms with Gasteiger partial charge in [0.1, 0.15) is 23.9 Å². The van der Waals surface area contributed by atoms with Crippen molar-refractivity contribution in [2.24, 2.45) is 0 Å². The van der Waals surface area contributed by atoms with Crippen molar-refractivity contribution in [3.63, 3.8) is 0 Å². The van der Waals surface area contributed by atoms with Crippen LogP contribution in [0, 0.1) is 5.82 Å². The number of hydrogen-bond donors (Lipinski definition) is 0. The maximum atomic E-state index is 13.1. The largest absolute Gasteiger partial charge is 0.485 e. The van der Waals surface area contributed by atoms with Gasteiger partial charge in [-0.2, -0.15) is 0 Å². The second kappa shape index (κ2) is 10.3. The first-order valence-corrected chi connectivity index (χ1v) is 10.8. The van der Waals surface area contributed by atoms with E-state index < -0.39 is 0 Å². The van der Waals surface area contributed by atoms with Gasteiger partial charge >= 0.3 is 0 Å². The molecule has 1 aromatic heterocycles. The van der Waals surface area contributed by atoms with Crippen LogP contribution in [0.2, 0.25) is 0 Å². The molecule has 0 N–H and O–H groups in total. The third kappa shape index (κ3) is 5.45. The third-order valence-electron chi connectivity index (χ3n) is 5.56. The molecule has 0 bridgehead atoms. The summed E-state index contributed by atoms with van der Waals surface area (Å²) in [4.78, 5) is 16.9. The van der Waals surface area contributed by atoms with E-state index in [1.807, 2.05) is 35.2 Å². The first-order chi connectivity index (χ1) is 15.6. The quantitative estimate of drug-likeness (QED) is 0.483. The van der Waals surface area contributed by atoms with Crippen LogP contribution < -0.4 is 4.74 Å². The number of furan rings is 1. The van der Waals surface area contributed by atoms with E-state index >= 15 is 0 Å². The molecule has 0 saturated carbocycles. The summed E-state index contributed by atoms with van der Waals surface area (Å²) < 4.78 is 24.7. The Hall–Kier alpha value is -3.38. The molecule has 1 aliphatic rings. The molecule has 2 aromatic carbocycles. The lowest BCUT2D eigenvalue weighted by Crippen LogP contribution is -2.48. The fourth-order valence-corrected chi connectivity index (χ4v) is 3.80. The van der Waals surface area contributed by atoms with Crippen molar-refractivity contribution >= 4 is 5.91 Å². The molecule has 6 heteroatoms. The van der Waals surface area contributed by atoms with Gasteiger partial charge in [0.15, 0.2) is 5.76 Å². The Morgan fingerprint density at radius 1 is 1.03 bits per heavy atom. The summed E-state index contributed by atoms with van der Waals surface area (Å²) in [5.74, 6) is 1.39. The van der Waals surface area contributed by atoms with Crippen LogP contribution in [0.4, 0.5) is 4.39 Å². The first kappa shape index (κ1) is 21.8. The Balaban J connectivity index is 1.28. The molecule has 32 heavy (non-hydrogen) atoms. The van der Waals surface area contributed by atoms with Crippen LogP contribution in [0.15, 0.2) is 77.7 Å². The van der Waals surface area contributed by atoms with Gasteiger partial charge in [0.05, 0.1) is 0 Å². The van der Waals surface area contributed by atoms with Crippen molar-refractivity contribution in [2.75, 3.05) is 26.2 Å². The fraction of sp³-hybridized carbons (Fsp3) is 0.269. The maximum Gasteiger partial charge on any atom is 0.289 e. The Morgan fingerprint density at radius 3 is 2.53 bits per heavy atom. The standard InChI is InChI=1S/C26H27FN2O3/c1-2-5-21-6-3-4-7-24(21)31-19-23-12-13-25(32-23)26(30)29-16-14-28(15-17-29)18-20-8-10-22(27)11-9-20/h2-4,6-13H,1,5,14-19H2. The van der Waals surface area contributed by atoms with Gasteiger partial charge in [-0.05, 0) is 47.9 Å². The molecule has 0 spiro atoms. The van der Waals surface area contributed by atoms with E-state index in [1.165, 1.54) is 12.1 Å². The van der Waals surface area contributed by atoms with Crippen molar-refractivity contribution < 1.29 is 18.3 Å². The molecule has 1 fully saturated rings. The van der Waals surface area contributed by atoms with E-state index in [0.717, 1.165) is 42.9 Å². The maximum absolute atomic E-state index is 13.1. The highest BCUT2D eigenvalue weighted by Crippen LogP contribution is 2.21. The number of carbonyl (C=O) groups excluding carboxylic acids is 1. The first-order valence-electron chi connectivity index (χ1n) is 10.8. The average molecular weight is 435 g/mol. The monoisotopic (exact) mass is 434 g/mol. The minimum atomic E-state index is -0.228. The lowest BCUT2D eigenvalue weighted by molar-refractivity contribution is 0.0594. The van der Waals surface area contributed by atoms with E-state index in [1.54, 1.807) is 24.3 Å². The number of amides is 1. The second-order valence-corrected chi connectivity index (χ2v) is 7.85. The summed E-state index contributed by atoms with van der Waals surface area (Å²) >= 11 is 0. The zero-order chi connectivity index (χ0) is 22.3. The molecule has 1 saturated heterocycles. The number of hydrogen-bond acceptors (Lipinski definition) is 4. The third-order valence-corrected chi connectivity index (χ3v) is 5.56. The zero-order valence-corrected chi connectivity index (χ0v) is 18.0. The van der Waals surface area contributed by atoms with Gasteiger partial charge in [0, 0.05) is 32.7 Å². The normalized spacial score (nSPS) is 14.3. The topological polar surface area (TPSA) is 45.9 Å². The minimum absolute atomic E-state index is 0.107. The molecule has 0 unspecified atom stereocenters. The predicted molar refractivity (Wildman–Crippen MR) is 121 cm³/mol. The molecule has 0 radical (unpaired) electrons. The molecule has 4 rings (SSSR count). The molecular formula is C26H27FN2O3. The van der Waals surface area contributed by atoms with E-state index in [-0.39, 0.29) is 18.3 Å². The fourth-order valence-electron chi connectivity index (χ4n) is 3.80. The van der Waals surface area contributed by atoms with Crippen LogP contribution in [0.1, 0.15) is 27.4 Å². The number of benzene rings is 2. The van der Waals surface area contributed by atoms with Gasteiger partial charge in [-0.1, -0.05) is 36.4 Å². The Kier molecular flexibility index (Phi) is 7.02. The number of carbonyl (C=O) groups is 1. The van der Waals surface area contributed by atoms with Crippen LogP contribution in [0.3, 0.4) is 0 Å². The van der Waals surface area contributed by atoms with Crippen LogP contribution in [0.25, 0.3) is 0 Å². The van der Waals surface area contributed by atoms with Gasteiger partial charge in [-0.15, -0.1) is 6.58 Å². The van der Waals surface area contributed by atoms with Gasteiger partial charge < -0.3 is 14.1 Å². The second-order valence-electron chi connectivity index (χ2n) is 7.85. The summed E-state index contributed by atoms with van der Waals surface area (Å²) in [6.07, 6.45) is 2.57. The van der Waals surface area contributed by atoms with Crippen molar-refractivity contribution in [3.05, 3.63) is 102 Å². The molecule has 1 amide bonds. The minimum Gasteiger partial charge on any atom is -0.485 e. The molecule has 5 nitrogen and oxygen atoms in total. The summed E-state index contributed by atoms with van der Waals surface area (Å²) in [6, 6.07) is 17.9. The summed E-state index contributed by atoms with van der Waals surface area (Å²) in [7, 11) is 0. The van der Waals surface area contributed by atoms with Gasteiger partial charge in [0.2, 0.25) is 0 Å². The van der Waals surface area contributed by atoms with Crippen LogP contribution in [0.5, 0.6) is 5.75 Å². The molecule has 0 aliphatic carbocycles. The molecule has 2 heterocycles. The van der Waals surface area contributed by atoms with Crippen molar-refractivity contribution in [1.82, 2.24) is 9.80 Å². The molecule has 166 valence electrons. The Morgan fingerprint density at radius 2 is 1.78 bits per heavy atom. The number of piperazine rings is 1. The molecule has 0 atom stereocenters. The number of para-hydroxylation sites is 1. The van der Waals surface area contributed by atoms with Crippen molar-refractivity contribution in [1.29, 1.82) is 0 Å². The zero-order valence-electron chi connectivity index (χ0n) is 18.0. The summed E-state index contributed by atoms with van der Waals surface area (Å²) in [5, 5.41) is 0. The lowest BCUT2D eigenvalue weighted by Gasteiger charge is -2.34. The van der Waals surface area contributed by atoms with E-state index in [9.17, 15) is 9.18 Å². The molecule has 1 aliphatic heterocycles. The highest BCUT2D eigenvalue weighted by atomic mass is 19.1. The highest BCUT2D eigenvalue weighted by Gasteiger charge is 2.24. The number of rotatable bonds is 8. The predicted octanol–water partition coefficient (Wildman–Crippen LogP) is 4.68. The van der Waals surface area contributed by atoms with Gasteiger partial charge in [-0.25, -0.2) is 4.39 Å².